The van der Waals surface area contributed by atoms with Crippen LogP contribution in [0, 0.1) is 0 Å². The van der Waals surface area contributed by atoms with Gasteiger partial charge in [-0.1, -0.05) is 258 Å². The van der Waals surface area contributed by atoms with Crippen molar-refractivity contribution in [2.24, 2.45) is 0 Å². The molecule has 17 aromatic rings. The highest BCUT2D eigenvalue weighted by Gasteiger charge is 2.24. The van der Waals surface area contributed by atoms with Crippen molar-refractivity contribution in [3.8, 4) is 66.8 Å². The van der Waals surface area contributed by atoms with E-state index in [9.17, 15) is 0 Å². The molecule has 4 nitrogen and oxygen atoms in total. The Morgan fingerprint density at radius 3 is 0.546 bits per heavy atom. The summed E-state index contributed by atoms with van der Waals surface area (Å²) in [7, 11) is 0. The summed E-state index contributed by atoms with van der Waals surface area (Å²) in [5.74, 6) is 0.827. The first kappa shape index (κ1) is 67.6. The fourth-order valence-corrected chi connectivity index (χ4v) is 15.5. The molecule has 0 aliphatic heterocycles. The molecule has 17 aromatic carbocycles. The van der Waals surface area contributed by atoms with Crippen molar-refractivity contribution in [1.29, 1.82) is 0 Å². The summed E-state index contributed by atoms with van der Waals surface area (Å²) >= 11 is 0. The van der Waals surface area contributed by atoms with E-state index in [2.05, 4.69) is 460 Å². The molecule has 108 heavy (non-hydrogen) atoms. The maximum Gasteiger partial charge on any atom is 0.0467 e. The number of hydrogen-bond acceptors (Lipinski definition) is 4. The molecule has 0 heterocycles. The summed E-state index contributed by atoms with van der Waals surface area (Å²) in [6.45, 7) is 9.02. The highest BCUT2D eigenvalue weighted by Crippen LogP contribution is 2.50. The molecule has 0 amide bonds. The maximum atomic E-state index is 2.44. The van der Waals surface area contributed by atoms with Crippen LogP contribution >= 0.6 is 0 Å². The lowest BCUT2D eigenvalue weighted by molar-refractivity contribution is 0.866. The first-order chi connectivity index (χ1) is 53.2. The lowest BCUT2D eigenvalue weighted by Crippen LogP contribution is -2.10. The Balaban J connectivity index is 0.879. The SMILES string of the molecule is CC(C)c1ccc(N(c2ccccc2)c2cccc(-c3cc(-c4cccc(N(c5ccccc5)c5ccccc5)c4)cc(-c4c5ccccc5c(-c5cc(-c6cccc(N(c7ccccc7)c7ccccc7)c6)cc(-c6cccc(N(c7ccccc7)c7ccc(C(C)C)cc7)c6)c5)c5ccccc45)c3)c2)cc1. The average Bonchev–Trinajstić information content (AvgIpc) is 0.728. The van der Waals surface area contributed by atoms with Crippen LogP contribution in [0.4, 0.5) is 68.2 Å². The van der Waals surface area contributed by atoms with Gasteiger partial charge in [0.1, 0.15) is 0 Å². The molecule has 0 fully saturated rings. The molecule has 0 bridgehead atoms. The van der Waals surface area contributed by atoms with Crippen LogP contribution in [0.15, 0.2) is 413 Å². The van der Waals surface area contributed by atoms with Gasteiger partial charge in [-0.3, -0.25) is 0 Å². The zero-order valence-corrected chi connectivity index (χ0v) is 61.2. The number of fused-ring (bicyclic) bond motifs is 2. The summed E-state index contributed by atoms with van der Waals surface area (Å²) in [5, 5.41) is 4.65. The Morgan fingerprint density at radius 2 is 0.333 bits per heavy atom. The van der Waals surface area contributed by atoms with Crippen LogP contribution in [0.25, 0.3) is 88.3 Å². The zero-order valence-electron chi connectivity index (χ0n) is 61.2. The van der Waals surface area contributed by atoms with E-state index in [4.69, 9.17) is 0 Å². The minimum atomic E-state index is 0.414. The van der Waals surface area contributed by atoms with Crippen LogP contribution in [0.3, 0.4) is 0 Å². The van der Waals surface area contributed by atoms with Gasteiger partial charge in [-0.05, 0) is 293 Å². The second-order valence-corrected chi connectivity index (χ2v) is 28.5. The molecule has 0 atom stereocenters. The highest BCUT2D eigenvalue weighted by molar-refractivity contribution is 6.22. The molecule has 0 aromatic heterocycles. The second kappa shape index (κ2) is 30.3. The lowest BCUT2D eigenvalue weighted by atomic mass is 9.83. The monoisotopic (exact) mass is 1390 g/mol. The fraction of sp³-hybridized carbons (Fsp3) is 0.0577. The average molecular weight is 1390 g/mol. The Hall–Kier alpha value is -13.5. The van der Waals surface area contributed by atoms with Crippen LogP contribution in [0.2, 0.25) is 0 Å². The molecular formula is C104H82N4. The molecule has 0 aliphatic carbocycles. The van der Waals surface area contributed by atoms with Gasteiger partial charge in [-0.15, -0.1) is 0 Å². The van der Waals surface area contributed by atoms with E-state index in [-0.39, 0.29) is 0 Å². The third kappa shape index (κ3) is 13.8. The van der Waals surface area contributed by atoms with E-state index in [1.54, 1.807) is 0 Å². The minimum Gasteiger partial charge on any atom is -0.310 e. The van der Waals surface area contributed by atoms with Gasteiger partial charge in [0.2, 0.25) is 0 Å². The van der Waals surface area contributed by atoms with Crippen molar-refractivity contribution < 1.29 is 0 Å². The van der Waals surface area contributed by atoms with Crippen molar-refractivity contribution in [3.05, 3.63) is 424 Å². The highest BCUT2D eigenvalue weighted by atomic mass is 15.2. The van der Waals surface area contributed by atoms with E-state index in [1.807, 2.05) is 0 Å². The van der Waals surface area contributed by atoms with Crippen LogP contribution in [0.5, 0.6) is 0 Å². The third-order valence-electron chi connectivity index (χ3n) is 20.8. The van der Waals surface area contributed by atoms with Gasteiger partial charge in [0, 0.05) is 68.2 Å². The largest absolute Gasteiger partial charge is 0.310 e. The Bertz CT molecular complexity index is 5480. The van der Waals surface area contributed by atoms with E-state index in [0.29, 0.717) is 11.8 Å². The van der Waals surface area contributed by atoms with E-state index in [1.165, 1.54) is 22.3 Å². The van der Waals surface area contributed by atoms with E-state index < -0.39 is 0 Å². The maximum absolute atomic E-state index is 2.44. The predicted octanol–water partition coefficient (Wildman–Crippen LogP) is 30.1. The van der Waals surface area contributed by atoms with Crippen molar-refractivity contribution in [2.75, 3.05) is 19.6 Å². The molecule has 0 saturated carbocycles. The number of nitrogens with zero attached hydrogens (tertiary/aromatic N) is 4. The fourth-order valence-electron chi connectivity index (χ4n) is 15.5. The molecule has 0 spiro atoms. The van der Waals surface area contributed by atoms with Gasteiger partial charge in [0.05, 0.1) is 0 Å². The molecule has 518 valence electrons. The number of hydrogen-bond donors (Lipinski definition) is 0. The van der Waals surface area contributed by atoms with Gasteiger partial charge in [-0.2, -0.15) is 0 Å². The van der Waals surface area contributed by atoms with Crippen molar-refractivity contribution >= 4 is 89.8 Å². The molecule has 0 radical (unpaired) electrons. The van der Waals surface area contributed by atoms with Crippen LogP contribution in [-0.2, 0) is 0 Å². The second-order valence-electron chi connectivity index (χ2n) is 28.5. The van der Waals surface area contributed by atoms with Gasteiger partial charge >= 0.3 is 0 Å². The molecular weight excluding hydrogens is 1310 g/mol. The van der Waals surface area contributed by atoms with Gasteiger partial charge in [-0.25, -0.2) is 0 Å². The molecule has 4 heteroatoms. The van der Waals surface area contributed by atoms with Crippen LogP contribution < -0.4 is 19.6 Å². The van der Waals surface area contributed by atoms with Crippen molar-refractivity contribution in [3.63, 3.8) is 0 Å². The number of anilines is 12. The first-order valence-corrected chi connectivity index (χ1v) is 37.6. The smallest absolute Gasteiger partial charge is 0.0467 e. The standard InChI is InChI=1S/C104H82N4/c1-73(2)75-55-59-93(60-56-75)107(91-43-19-9-20-44-91)97-49-29-33-79(71-97)83-63-81(77-31-27-47-95(69-77)105(87-35-11-5-12-36-87)88-37-13-6-14-38-88)65-85(67-83)103-99-51-23-25-53-101(99)104(102-54-26-24-52-100(102)103)86-66-82(78-32-28-48-96(70-78)106(89-39-15-7-16-40-89)90-41-17-8-18-42-90)64-84(68-86)80-34-30-50-98(72-80)108(92-45-21-10-22-46-92)94-61-57-76(58-62-94)74(3)4/h5-74H,1-4H3. The van der Waals surface area contributed by atoms with Gasteiger partial charge in [0.15, 0.2) is 0 Å². The van der Waals surface area contributed by atoms with E-state index >= 15 is 0 Å². The first-order valence-electron chi connectivity index (χ1n) is 37.6. The quantitative estimate of drug-likeness (QED) is 0.0705. The number of rotatable bonds is 20. The molecule has 17 rings (SSSR count). The molecule has 0 saturated heterocycles. The van der Waals surface area contributed by atoms with Gasteiger partial charge < -0.3 is 19.6 Å². The Labute approximate surface area is 635 Å². The topological polar surface area (TPSA) is 13.0 Å². The zero-order chi connectivity index (χ0) is 72.9. The molecule has 0 unspecified atom stereocenters. The summed E-state index contributed by atoms with van der Waals surface area (Å²) < 4.78 is 0. The van der Waals surface area contributed by atoms with Crippen molar-refractivity contribution in [2.45, 2.75) is 39.5 Å². The number of para-hydroxylation sites is 6. The Kier molecular flexibility index (Phi) is 19.0. The predicted molar refractivity (Wildman–Crippen MR) is 461 cm³/mol. The molecule has 0 aliphatic rings. The molecule has 0 N–H and O–H groups in total. The summed E-state index contributed by atoms with van der Waals surface area (Å²) in [6.07, 6.45) is 0. The summed E-state index contributed by atoms with van der Waals surface area (Å²) in [4.78, 5) is 9.47. The number of benzene rings is 17. The lowest BCUT2D eigenvalue weighted by Gasteiger charge is -2.27. The van der Waals surface area contributed by atoms with Crippen LogP contribution in [-0.4, -0.2) is 0 Å². The van der Waals surface area contributed by atoms with E-state index in [0.717, 1.165) is 145 Å². The summed E-state index contributed by atoms with van der Waals surface area (Å²) in [5.41, 5.74) is 29.1. The Morgan fingerprint density at radius 1 is 0.148 bits per heavy atom. The van der Waals surface area contributed by atoms with Crippen molar-refractivity contribution in [1.82, 2.24) is 0 Å². The van der Waals surface area contributed by atoms with Gasteiger partial charge in [0.25, 0.3) is 0 Å². The summed E-state index contributed by atoms with van der Waals surface area (Å²) in [6, 6.07) is 152. The normalized spacial score (nSPS) is 11.3. The minimum absolute atomic E-state index is 0.414. The van der Waals surface area contributed by atoms with Crippen LogP contribution in [0.1, 0.15) is 50.7 Å². The third-order valence-corrected chi connectivity index (χ3v) is 20.8.